The van der Waals surface area contributed by atoms with Crippen LogP contribution in [-0.4, -0.2) is 91.6 Å². The number of fused-ring (bicyclic) bond motifs is 1. The van der Waals surface area contributed by atoms with Gasteiger partial charge in [-0.1, -0.05) is 6.07 Å². The lowest BCUT2D eigenvalue weighted by atomic mass is 10.0. The zero-order valence-electron chi connectivity index (χ0n) is 18.9. The molecule has 2 aliphatic rings. The molecule has 0 spiro atoms. The number of carboxylic acids is 2. The first-order valence-electron chi connectivity index (χ1n) is 10.5. The maximum atomic E-state index is 12.5. The van der Waals surface area contributed by atoms with Crippen molar-refractivity contribution in [2.45, 2.75) is 18.9 Å². The van der Waals surface area contributed by atoms with Gasteiger partial charge in [0.2, 0.25) is 0 Å². The number of carbonyl (C=O) groups excluding carboxylic acids is 1. The van der Waals surface area contributed by atoms with Gasteiger partial charge in [0.15, 0.2) is 0 Å². The van der Waals surface area contributed by atoms with Crippen LogP contribution in [0, 0.1) is 11.8 Å². The molecular formula is C21H21F6N5O5. The van der Waals surface area contributed by atoms with Crippen molar-refractivity contribution >= 4 is 17.8 Å². The highest BCUT2D eigenvalue weighted by molar-refractivity contribution is 5.94. The lowest BCUT2D eigenvalue weighted by Crippen LogP contribution is -2.33. The van der Waals surface area contributed by atoms with Crippen LogP contribution in [-0.2, 0) is 16.1 Å². The zero-order valence-corrected chi connectivity index (χ0v) is 18.9. The minimum atomic E-state index is -5.08. The van der Waals surface area contributed by atoms with Gasteiger partial charge in [0.25, 0.3) is 5.91 Å². The molecule has 2 unspecified atom stereocenters. The smallest absolute Gasteiger partial charge is 0.475 e. The highest BCUT2D eigenvalue weighted by atomic mass is 19.4. The molecular weight excluding hydrogens is 516 g/mol. The van der Waals surface area contributed by atoms with Gasteiger partial charge in [-0.15, -0.1) is 0 Å². The van der Waals surface area contributed by atoms with Crippen LogP contribution in [0.25, 0.3) is 0 Å². The molecule has 37 heavy (non-hydrogen) atoms. The number of aromatic nitrogens is 3. The minimum Gasteiger partial charge on any atom is -0.475 e. The Morgan fingerprint density at radius 2 is 1.38 bits per heavy atom. The van der Waals surface area contributed by atoms with E-state index in [1.54, 1.807) is 18.5 Å². The Bertz CT molecular complexity index is 1020. The van der Waals surface area contributed by atoms with E-state index in [0.717, 1.165) is 38.4 Å². The van der Waals surface area contributed by atoms with Crippen molar-refractivity contribution < 1.29 is 50.9 Å². The molecule has 2 aromatic rings. The standard InChI is InChI=1S/C17H19N5O.2C2HF3O2/c23-17(13-4-6-19-20-7-13)22-10-14-8-21(9-15(14)11-22)12-16-3-1-2-5-18-16;2*3-2(4,5)1(6)7/h1-7,14-15H,8-12H2;2*(H,6,7). The maximum absolute atomic E-state index is 12.5. The molecule has 2 saturated heterocycles. The fourth-order valence-corrected chi connectivity index (χ4v) is 3.71. The molecule has 2 N–H and O–H groups in total. The maximum Gasteiger partial charge on any atom is 0.490 e. The quantitative estimate of drug-likeness (QED) is 0.566. The summed E-state index contributed by atoms with van der Waals surface area (Å²) in [5, 5.41) is 21.8. The van der Waals surface area contributed by atoms with Gasteiger partial charge in [0, 0.05) is 38.9 Å². The number of alkyl halides is 6. The second-order valence-corrected chi connectivity index (χ2v) is 7.98. The molecule has 0 radical (unpaired) electrons. The molecule has 2 aliphatic heterocycles. The second kappa shape index (κ2) is 12.4. The van der Waals surface area contributed by atoms with Crippen molar-refractivity contribution in [3.63, 3.8) is 0 Å². The van der Waals surface area contributed by atoms with Gasteiger partial charge in [-0.2, -0.15) is 36.5 Å². The molecule has 10 nitrogen and oxygen atoms in total. The number of carbonyl (C=O) groups is 3. The van der Waals surface area contributed by atoms with Crippen molar-refractivity contribution in [1.29, 1.82) is 0 Å². The highest BCUT2D eigenvalue weighted by Gasteiger charge is 2.42. The summed E-state index contributed by atoms with van der Waals surface area (Å²) in [5.74, 6) is -4.31. The molecule has 2 fully saturated rings. The third-order valence-electron chi connectivity index (χ3n) is 5.28. The van der Waals surface area contributed by atoms with E-state index < -0.39 is 24.3 Å². The topological polar surface area (TPSA) is 137 Å². The number of rotatable bonds is 3. The summed E-state index contributed by atoms with van der Waals surface area (Å²) < 4.78 is 63.5. The first-order chi connectivity index (χ1) is 17.2. The molecule has 0 aromatic carbocycles. The number of halogens is 6. The Hall–Kier alpha value is -3.82. The van der Waals surface area contributed by atoms with Crippen LogP contribution < -0.4 is 0 Å². The number of hydrogen-bond acceptors (Lipinski definition) is 7. The number of nitrogens with zero attached hydrogens (tertiary/aromatic N) is 5. The largest absolute Gasteiger partial charge is 0.490 e. The molecule has 202 valence electrons. The Kier molecular flexibility index (Phi) is 9.88. The van der Waals surface area contributed by atoms with Crippen molar-refractivity contribution in [2.24, 2.45) is 11.8 Å². The van der Waals surface area contributed by atoms with E-state index in [9.17, 15) is 31.1 Å². The average molecular weight is 537 g/mol. The van der Waals surface area contributed by atoms with Gasteiger partial charge in [0.05, 0.1) is 23.7 Å². The first kappa shape index (κ1) is 29.4. The van der Waals surface area contributed by atoms with E-state index in [1.165, 1.54) is 0 Å². The summed E-state index contributed by atoms with van der Waals surface area (Å²) in [6.07, 6.45) is -5.21. The van der Waals surface area contributed by atoms with E-state index >= 15 is 0 Å². The highest BCUT2D eigenvalue weighted by Crippen LogP contribution is 2.32. The van der Waals surface area contributed by atoms with Crippen molar-refractivity contribution in [3.05, 3.63) is 54.1 Å². The number of amides is 1. The molecule has 4 rings (SSSR count). The van der Waals surface area contributed by atoms with E-state index in [2.05, 4.69) is 26.1 Å². The summed E-state index contributed by atoms with van der Waals surface area (Å²) in [4.78, 5) is 39.1. The second-order valence-electron chi connectivity index (χ2n) is 7.98. The summed E-state index contributed by atoms with van der Waals surface area (Å²) in [6.45, 7) is 4.66. The number of pyridine rings is 1. The zero-order chi connectivity index (χ0) is 27.8. The van der Waals surface area contributed by atoms with Gasteiger partial charge < -0.3 is 15.1 Å². The average Bonchev–Trinajstić information content (AvgIpc) is 3.38. The number of hydrogen-bond donors (Lipinski definition) is 2. The summed E-state index contributed by atoms with van der Waals surface area (Å²) in [6, 6.07) is 7.78. The Morgan fingerprint density at radius 1 is 0.838 bits per heavy atom. The predicted molar refractivity (Wildman–Crippen MR) is 112 cm³/mol. The normalized spacial score (nSPS) is 19.1. The van der Waals surface area contributed by atoms with E-state index in [4.69, 9.17) is 19.8 Å². The Labute approximate surface area is 205 Å². The summed E-state index contributed by atoms with van der Waals surface area (Å²) in [7, 11) is 0. The van der Waals surface area contributed by atoms with Gasteiger partial charge in [-0.3, -0.25) is 14.7 Å². The van der Waals surface area contributed by atoms with Crippen LogP contribution in [0.3, 0.4) is 0 Å². The van der Waals surface area contributed by atoms with Crippen LogP contribution in [0.2, 0.25) is 0 Å². The molecule has 1 amide bonds. The number of carboxylic acid groups (broad SMARTS) is 2. The summed E-state index contributed by atoms with van der Waals surface area (Å²) >= 11 is 0. The number of aliphatic carboxylic acids is 2. The van der Waals surface area contributed by atoms with Gasteiger partial charge in [-0.25, -0.2) is 9.59 Å². The SMILES string of the molecule is O=C(O)C(F)(F)F.O=C(O)C(F)(F)F.O=C(c1ccnnc1)N1CC2CN(Cc3ccccn3)CC2C1. The van der Waals surface area contributed by atoms with Crippen molar-refractivity contribution in [1.82, 2.24) is 25.0 Å². The van der Waals surface area contributed by atoms with E-state index in [1.807, 2.05) is 23.2 Å². The van der Waals surface area contributed by atoms with E-state index in [-0.39, 0.29) is 5.91 Å². The lowest BCUT2D eigenvalue weighted by Gasteiger charge is -2.21. The Balaban J connectivity index is 0.000000286. The molecule has 0 bridgehead atoms. The lowest BCUT2D eigenvalue weighted by molar-refractivity contribution is -0.193. The van der Waals surface area contributed by atoms with Gasteiger partial charge in [0.1, 0.15) is 0 Å². The fourth-order valence-electron chi connectivity index (χ4n) is 3.71. The Morgan fingerprint density at radius 3 is 1.78 bits per heavy atom. The number of likely N-dealkylation sites (tertiary alicyclic amines) is 2. The van der Waals surface area contributed by atoms with Crippen molar-refractivity contribution in [2.75, 3.05) is 26.2 Å². The minimum absolute atomic E-state index is 0.0746. The molecule has 0 aliphatic carbocycles. The van der Waals surface area contributed by atoms with Crippen LogP contribution in [0.4, 0.5) is 26.3 Å². The van der Waals surface area contributed by atoms with Crippen molar-refractivity contribution in [3.8, 4) is 0 Å². The molecule has 2 atom stereocenters. The fraction of sp³-hybridized carbons (Fsp3) is 0.429. The molecule has 16 heteroatoms. The third-order valence-corrected chi connectivity index (χ3v) is 5.28. The van der Waals surface area contributed by atoms with Crippen LogP contribution in [0.15, 0.2) is 42.9 Å². The molecule has 4 heterocycles. The first-order valence-corrected chi connectivity index (χ1v) is 10.5. The van der Waals surface area contributed by atoms with Crippen LogP contribution in [0.5, 0.6) is 0 Å². The van der Waals surface area contributed by atoms with Gasteiger partial charge in [-0.05, 0) is 30.0 Å². The monoisotopic (exact) mass is 537 g/mol. The third kappa shape index (κ3) is 9.29. The summed E-state index contributed by atoms with van der Waals surface area (Å²) in [5.41, 5.74) is 1.74. The van der Waals surface area contributed by atoms with Crippen LogP contribution in [0.1, 0.15) is 16.1 Å². The van der Waals surface area contributed by atoms with Gasteiger partial charge >= 0.3 is 24.3 Å². The van der Waals surface area contributed by atoms with Crippen LogP contribution >= 0.6 is 0 Å². The predicted octanol–water partition coefficient (Wildman–Crippen LogP) is 2.34. The molecule has 2 aromatic heterocycles. The van der Waals surface area contributed by atoms with E-state index in [0.29, 0.717) is 17.4 Å². The molecule has 0 saturated carbocycles.